The first-order valence-corrected chi connectivity index (χ1v) is 5.68. The number of hydrogen-bond acceptors (Lipinski definition) is 0. The van der Waals surface area contributed by atoms with E-state index < -0.39 is 0 Å². The molecule has 0 aliphatic rings. The van der Waals surface area contributed by atoms with Gasteiger partial charge in [0.15, 0.2) is 0 Å². The van der Waals surface area contributed by atoms with Crippen LogP contribution in [0.15, 0.2) is 0 Å². The van der Waals surface area contributed by atoms with Crippen molar-refractivity contribution in [3.63, 3.8) is 0 Å². The summed E-state index contributed by atoms with van der Waals surface area (Å²) in [5.41, 5.74) is 0. The molecule has 0 saturated heterocycles. The molecule has 0 nitrogen and oxygen atoms in total. The smallest absolute Gasteiger partial charge is 0.0471 e. The summed E-state index contributed by atoms with van der Waals surface area (Å²) in [6.07, 6.45) is 8.32. The zero-order chi connectivity index (χ0) is 9.82. The lowest BCUT2D eigenvalue weighted by atomic mass is 10.1. The molecule has 0 heterocycles. The minimum Gasteiger partial charge on any atom is -0.0656 e. The molecule has 0 aromatic heterocycles. The van der Waals surface area contributed by atoms with Crippen LogP contribution in [0, 0.1) is 5.92 Å². The average Bonchev–Trinajstić information content (AvgIpc) is 1.99. The van der Waals surface area contributed by atoms with Crippen molar-refractivity contribution < 1.29 is 0 Å². The Bertz CT molecular complexity index is 55.1. The second-order valence-electron chi connectivity index (χ2n) is 3.95. The van der Waals surface area contributed by atoms with E-state index in [0.29, 0.717) is 0 Å². The Morgan fingerprint density at radius 2 is 1.33 bits per heavy atom. The molecule has 12 heavy (non-hydrogen) atoms. The Morgan fingerprint density at radius 3 is 1.67 bits per heavy atom. The van der Waals surface area contributed by atoms with E-state index in [0.717, 1.165) is 5.92 Å². The van der Waals surface area contributed by atoms with E-state index in [-0.39, 0.29) is 0 Å². The van der Waals surface area contributed by atoms with E-state index in [1.807, 2.05) is 0 Å². The zero-order valence-electron chi connectivity index (χ0n) is 9.82. The lowest BCUT2D eigenvalue weighted by molar-refractivity contribution is 0.525. The summed E-state index contributed by atoms with van der Waals surface area (Å²) in [5.74, 6) is 0.904. The third kappa shape index (κ3) is 22.5. The van der Waals surface area contributed by atoms with Gasteiger partial charge < -0.3 is 0 Å². The lowest BCUT2D eigenvalue weighted by Crippen LogP contribution is -1.86. The van der Waals surface area contributed by atoms with Crippen molar-refractivity contribution >= 4 is 0 Å². The molecule has 0 heteroatoms. The molecule has 76 valence electrons. The second-order valence-corrected chi connectivity index (χ2v) is 3.95. The Kier molecular flexibility index (Phi) is 16.4. The second kappa shape index (κ2) is 13.6. The number of unbranched alkanes of at least 4 members (excludes halogenated alkanes) is 3. The quantitative estimate of drug-likeness (QED) is 0.510. The van der Waals surface area contributed by atoms with Crippen LogP contribution in [0.25, 0.3) is 0 Å². The first-order chi connectivity index (χ1) is 5.68. The summed E-state index contributed by atoms with van der Waals surface area (Å²) < 4.78 is 0. The van der Waals surface area contributed by atoms with E-state index in [1.165, 1.54) is 38.5 Å². The summed E-state index contributed by atoms with van der Waals surface area (Å²) in [5, 5.41) is 0. The molecular weight excluding hydrogens is 144 g/mol. The molecule has 0 saturated carbocycles. The highest BCUT2D eigenvalue weighted by atomic mass is 14.0. The fourth-order valence-corrected chi connectivity index (χ4v) is 0.979. The van der Waals surface area contributed by atoms with Crippen LogP contribution in [0.5, 0.6) is 0 Å². The predicted octanol–water partition coefficient (Wildman–Crippen LogP) is 5.03. The maximum absolute atomic E-state index is 2.30. The first kappa shape index (κ1) is 14.5. The minimum absolute atomic E-state index is 0.904. The van der Waals surface area contributed by atoms with Crippen molar-refractivity contribution in [2.75, 3.05) is 0 Å². The maximum atomic E-state index is 2.30. The molecule has 0 aromatic rings. The van der Waals surface area contributed by atoms with Crippen LogP contribution in [-0.2, 0) is 0 Å². The van der Waals surface area contributed by atoms with Gasteiger partial charge in [0, 0.05) is 0 Å². The highest BCUT2D eigenvalue weighted by molar-refractivity contribution is 4.45. The van der Waals surface area contributed by atoms with Gasteiger partial charge in [0.2, 0.25) is 0 Å². The summed E-state index contributed by atoms with van der Waals surface area (Å²) >= 11 is 0. The Hall–Kier alpha value is 0. The van der Waals surface area contributed by atoms with Crippen molar-refractivity contribution in [3.8, 4) is 0 Å². The SMILES string of the molecule is CCC.CCCCCCC(C)C. The van der Waals surface area contributed by atoms with Crippen LogP contribution in [-0.4, -0.2) is 0 Å². The highest BCUT2D eigenvalue weighted by Crippen LogP contribution is 2.08. The molecule has 0 aliphatic carbocycles. The summed E-state index contributed by atoms with van der Waals surface area (Å²) in [6, 6.07) is 0. The van der Waals surface area contributed by atoms with E-state index >= 15 is 0 Å². The molecule has 0 aromatic carbocycles. The number of rotatable bonds is 5. The molecule has 0 bridgehead atoms. The van der Waals surface area contributed by atoms with Crippen molar-refractivity contribution in [1.82, 2.24) is 0 Å². The molecular formula is C12H28. The molecule has 0 spiro atoms. The zero-order valence-corrected chi connectivity index (χ0v) is 9.82. The monoisotopic (exact) mass is 172 g/mol. The molecule has 0 radical (unpaired) electrons. The Balaban J connectivity index is 0. The van der Waals surface area contributed by atoms with Gasteiger partial charge >= 0.3 is 0 Å². The van der Waals surface area contributed by atoms with Crippen LogP contribution in [0.4, 0.5) is 0 Å². The summed E-state index contributed by atoms with van der Waals surface area (Å²) in [4.78, 5) is 0. The number of hydrogen-bond donors (Lipinski definition) is 0. The van der Waals surface area contributed by atoms with Gasteiger partial charge in [-0.05, 0) is 5.92 Å². The van der Waals surface area contributed by atoms with Crippen molar-refractivity contribution in [2.24, 2.45) is 5.92 Å². The van der Waals surface area contributed by atoms with Crippen molar-refractivity contribution in [3.05, 3.63) is 0 Å². The van der Waals surface area contributed by atoms with Gasteiger partial charge in [-0.2, -0.15) is 0 Å². The van der Waals surface area contributed by atoms with Gasteiger partial charge in [-0.3, -0.25) is 0 Å². The fourth-order valence-electron chi connectivity index (χ4n) is 0.979. The van der Waals surface area contributed by atoms with Crippen LogP contribution in [0.1, 0.15) is 73.1 Å². The normalized spacial score (nSPS) is 9.50. The van der Waals surface area contributed by atoms with E-state index in [2.05, 4.69) is 34.6 Å². The van der Waals surface area contributed by atoms with Gasteiger partial charge in [0.1, 0.15) is 0 Å². The Morgan fingerprint density at radius 1 is 0.833 bits per heavy atom. The van der Waals surface area contributed by atoms with Crippen LogP contribution in [0.3, 0.4) is 0 Å². The molecule has 0 aliphatic heterocycles. The minimum atomic E-state index is 0.904. The van der Waals surface area contributed by atoms with Gasteiger partial charge in [0.05, 0.1) is 0 Å². The first-order valence-electron chi connectivity index (χ1n) is 5.68. The van der Waals surface area contributed by atoms with Crippen LogP contribution in [0.2, 0.25) is 0 Å². The molecule has 0 unspecified atom stereocenters. The van der Waals surface area contributed by atoms with Crippen LogP contribution < -0.4 is 0 Å². The topological polar surface area (TPSA) is 0 Å². The van der Waals surface area contributed by atoms with Crippen molar-refractivity contribution in [2.45, 2.75) is 73.1 Å². The maximum Gasteiger partial charge on any atom is -0.0471 e. The standard InChI is InChI=1S/C9H20.C3H8/c1-4-5-6-7-8-9(2)3;1-3-2/h9H,4-8H2,1-3H3;3H2,1-2H3. The molecule has 0 fully saturated rings. The van der Waals surface area contributed by atoms with E-state index in [4.69, 9.17) is 0 Å². The van der Waals surface area contributed by atoms with Crippen molar-refractivity contribution in [1.29, 1.82) is 0 Å². The lowest BCUT2D eigenvalue weighted by Gasteiger charge is -2.01. The third-order valence-corrected chi connectivity index (χ3v) is 1.64. The summed E-state index contributed by atoms with van der Waals surface area (Å²) in [7, 11) is 0. The fraction of sp³-hybridized carbons (Fsp3) is 1.00. The highest BCUT2D eigenvalue weighted by Gasteiger charge is 1.91. The molecule has 0 N–H and O–H groups in total. The predicted molar refractivity (Wildman–Crippen MR) is 59.6 cm³/mol. The van der Waals surface area contributed by atoms with Gasteiger partial charge in [-0.15, -0.1) is 0 Å². The van der Waals surface area contributed by atoms with Gasteiger partial charge in [-0.1, -0.05) is 73.1 Å². The van der Waals surface area contributed by atoms with E-state index in [1.54, 1.807) is 0 Å². The van der Waals surface area contributed by atoms with E-state index in [9.17, 15) is 0 Å². The van der Waals surface area contributed by atoms with Gasteiger partial charge in [0.25, 0.3) is 0 Å². The van der Waals surface area contributed by atoms with Gasteiger partial charge in [-0.25, -0.2) is 0 Å². The average molecular weight is 172 g/mol. The molecule has 0 atom stereocenters. The Labute approximate surface area is 79.8 Å². The largest absolute Gasteiger partial charge is 0.0656 e. The van der Waals surface area contributed by atoms with Crippen LogP contribution >= 0.6 is 0 Å². The third-order valence-electron chi connectivity index (χ3n) is 1.64. The summed E-state index contributed by atoms with van der Waals surface area (Å²) in [6.45, 7) is 11.1. The molecule has 0 rings (SSSR count). The molecule has 0 amide bonds.